The van der Waals surface area contributed by atoms with Crippen LogP contribution in [-0.4, -0.2) is 28.8 Å². The number of benzene rings is 3. The zero-order chi connectivity index (χ0) is 20.6. The first-order valence-electron chi connectivity index (χ1n) is 10.9. The van der Waals surface area contributed by atoms with Gasteiger partial charge in [-0.1, -0.05) is 91.0 Å². The predicted molar refractivity (Wildman–Crippen MR) is 122 cm³/mol. The van der Waals surface area contributed by atoms with Crippen LogP contribution in [0.3, 0.4) is 0 Å². The predicted octanol–water partition coefficient (Wildman–Crippen LogP) is 5.13. The van der Waals surface area contributed by atoms with Crippen LogP contribution in [0.4, 0.5) is 0 Å². The summed E-state index contributed by atoms with van der Waals surface area (Å²) in [4.78, 5) is 18.1. The first kappa shape index (κ1) is 20.4. The molecule has 4 rings (SSSR count). The highest BCUT2D eigenvalue weighted by Gasteiger charge is 2.29. The monoisotopic (exact) mass is 398 g/mol. The minimum Gasteiger partial charge on any atom is -0.334 e. The highest BCUT2D eigenvalue weighted by atomic mass is 16.2. The summed E-state index contributed by atoms with van der Waals surface area (Å²) in [6, 6.07) is 31.2. The number of carbonyl (C=O) groups is 1. The van der Waals surface area contributed by atoms with Crippen molar-refractivity contribution in [1.29, 1.82) is 0 Å². The number of nitrogens with zero attached hydrogens (tertiary/aromatic N) is 2. The van der Waals surface area contributed by atoms with Crippen LogP contribution in [0.1, 0.15) is 29.5 Å². The molecular formula is C27H30N2O. The molecule has 0 N–H and O–H groups in total. The fraction of sp³-hybridized carbons (Fsp3) is 0.296. The number of hydrogen-bond acceptors (Lipinski definition) is 2. The number of likely N-dealkylation sites (tertiary alicyclic amines) is 1. The summed E-state index contributed by atoms with van der Waals surface area (Å²) >= 11 is 0. The van der Waals surface area contributed by atoms with Gasteiger partial charge in [0, 0.05) is 26.2 Å². The van der Waals surface area contributed by atoms with Crippen molar-refractivity contribution in [2.45, 2.75) is 32.5 Å². The molecule has 1 atom stereocenters. The average molecular weight is 399 g/mol. The number of carbonyl (C=O) groups excluding carboxylic acids is 1. The van der Waals surface area contributed by atoms with E-state index in [2.05, 4.69) is 59.5 Å². The van der Waals surface area contributed by atoms with Gasteiger partial charge in [-0.05, 0) is 36.1 Å². The summed E-state index contributed by atoms with van der Waals surface area (Å²) in [5.74, 6) is 0.343. The SMILES string of the molecule is O=C(C1CCCN(Cc2ccccc2)C1)N(Cc1ccccc1)Cc1ccccc1. The molecule has 154 valence electrons. The Bertz CT molecular complexity index is 870. The second-order valence-electron chi connectivity index (χ2n) is 8.23. The van der Waals surface area contributed by atoms with Crippen LogP contribution in [-0.2, 0) is 24.4 Å². The summed E-state index contributed by atoms with van der Waals surface area (Å²) in [5, 5.41) is 0. The topological polar surface area (TPSA) is 23.6 Å². The Morgan fingerprint density at radius 1 is 0.767 bits per heavy atom. The minimum absolute atomic E-state index is 0.0647. The quantitative estimate of drug-likeness (QED) is 0.551. The first-order chi connectivity index (χ1) is 14.8. The Morgan fingerprint density at radius 3 is 1.80 bits per heavy atom. The van der Waals surface area contributed by atoms with E-state index in [9.17, 15) is 4.79 Å². The highest BCUT2D eigenvalue weighted by Crippen LogP contribution is 2.23. The first-order valence-corrected chi connectivity index (χ1v) is 10.9. The molecule has 0 radical (unpaired) electrons. The zero-order valence-corrected chi connectivity index (χ0v) is 17.5. The van der Waals surface area contributed by atoms with E-state index in [0.29, 0.717) is 13.1 Å². The lowest BCUT2D eigenvalue weighted by Crippen LogP contribution is -2.44. The summed E-state index contributed by atoms with van der Waals surface area (Å²) in [7, 11) is 0. The van der Waals surface area contributed by atoms with Gasteiger partial charge in [0.2, 0.25) is 5.91 Å². The molecule has 30 heavy (non-hydrogen) atoms. The van der Waals surface area contributed by atoms with Crippen molar-refractivity contribution in [3.05, 3.63) is 108 Å². The summed E-state index contributed by atoms with van der Waals surface area (Å²) in [6.45, 7) is 4.14. The summed E-state index contributed by atoms with van der Waals surface area (Å²) < 4.78 is 0. The molecule has 3 aromatic rings. The molecule has 1 aliphatic rings. The Labute approximate surface area is 180 Å². The van der Waals surface area contributed by atoms with Crippen LogP contribution in [0.25, 0.3) is 0 Å². The number of hydrogen-bond donors (Lipinski definition) is 0. The lowest BCUT2D eigenvalue weighted by Gasteiger charge is -2.35. The van der Waals surface area contributed by atoms with Crippen LogP contribution < -0.4 is 0 Å². The zero-order valence-electron chi connectivity index (χ0n) is 17.5. The molecule has 0 spiro atoms. The molecule has 1 saturated heterocycles. The van der Waals surface area contributed by atoms with Crippen LogP contribution in [0.15, 0.2) is 91.0 Å². The Kier molecular flexibility index (Phi) is 6.94. The van der Waals surface area contributed by atoms with E-state index in [1.807, 2.05) is 41.3 Å². The van der Waals surface area contributed by atoms with Crippen molar-refractivity contribution in [3.63, 3.8) is 0 Å². The van der Waals surface area contributed by atoms with Crippen LogP contribution in [0, 0.1) is 5.92 Å². The molecule has 1 fully saturated rings. The van der Waals surface area contributed by atoms with Crippen molar-refractivity contribution in [1.82, 2.24) is 9.80 Å². The summed E-state index contributed by atoms with van der Waals surface area (Å²) in [5.41, 5.74) is 3.67. The van der Waals surface area contributed by atoms with Crippen molar-refractivity contribution in [2.75, 3.05) is 13.1 Å². The third-order valence-electron chi connectivity index (χ3n) is 5.85. The van der Waals surface area contributed by atoms with Gasteiger partial charge >= 0.3 is 0 Å². The molecule has 1 unspecified atom stereocenters. The molecular weight excluding hydrogens is 368 g/mol. The second-order valence-corrected chi connectivity index (χ2v) is 8.23. The van der Waals surface area contributed by atoms with Crippen molar-refractivity contribution >= 4 is 5.91 Å². The smallest absolute Gasteiger partial charge is 0.227 e. The molecule has 1 aliphatic heterocycles. The van der Waals surface area contributed by atoms with Gasteiger partial charge in [0.25, 0.3) is 0 Å². The lowest BCUT2D eigenvalue weighted by molar-refractivity contribution is -0.138. The van der Waals surface area contributed by atoms with Crippen molar-refractivity contribution < 1.29 is 4.79 Å². The van der Waals surface area contributed by atoms with Gasteiger partial charge in [0.15, 0.2) is 0 Å². The summed E-state index contributed by atoms with van der Waals surface area (Å²) in [6.07, 6.45) is 2.05. The molecule has 1 heterocycles. The van der Waals surface area contributed by atoms with Gasteiger partial charge in [0.05, 0.1) is 5.92 Å². The van der Waals surface area contributed by atoms with E-state index >= 15 is 0 Å². The molecule has 0 bridgehead atoms. The van der Waals surface area contributed by atoms with Crippen molar-refractivity contribution in [3.8, 4) is 0 Å². The standard InChI is InChI=1S/C27H30N2O/c30-27(26-17-10-18-28(22-26)19-23-11-4-1-5-12-23)29(20-24-13-6-2-7-14-24)21-25-15-8-3-9-16-25/h1-9,11-16,26H,10,17-22H2. The number of amides is 1. The van der Waals surface area contributed by atoms with Crippen LogP contribution in [0.2, 0.25) is 0 Å². The Morgan fingerprint density at radius 2 is 1.27 bits per heavy atom. The van der Waals surface area contributed by atoms with E-state index in [-0.39, 0.29) is 11.8 Å². The Hall–Kier alpha value is -2.91. The molecule has 0 aromatic heterocycles. The largest absolute Gasteiger partial charge is 0.334 e. The van der Waals surface area contributed by atoms with E-state index in [0.717, 1.165) is 32.5 Å². The van der Waals surface area contributed by atoms with Gasteiger partial charge < -0.3 is 4.90 Å². The maximum atomic E-state index is 13.6. The van der Waals surface area contributed by atoms with Crippen molar-refractivity contribution in [2.24, 2.45) is 5.92 Å². The van der Waals surface area contributed by atoms with Gasteiger partial charge in [-0.25, -0.2) is 0 Å². The van der Waals surface area contributed by atoms with Crippen LogP contribution >= 0.6 is 0 Å². The molecule has 3 aromatic carbocycles. The maximum Gasteiger partial charge on any atom is 0.227 e. The average Bonchev–Trinajstić information content (AvgIpc) is 2.80. The van der Waals surface area contributed by atoms with Gasteiger partial charge in [-0.3, -0.25) is 9.69 Å². The fourth-order valence-corrected chi connectivity index (χ4v) is 4.32. The van der Waals surface area contributed by atoms with Crippen LogP contribution in [0.5, 0.6) is 0 Å². The number of piperidine rings is 1. The van der Waals surface area contributed by atoms with E-state index < -0.39 is 0 Å². The highest BCUT2D eigenvalue weighted by molar-refractivity contribution is 5.79. The molecule has 0 aliphatic carbocycles. The minimum atomic E-state index is 0.0647. The van der Waals surface area contributed by atoms with E-state index in [4.69, 9.17) is 0 Å². The third-order valence-corrected chi connectivity index (χ3v) is 5.85. The molecule has 3 nitrogen and oxygen atoms in total. The van der Waals surface area contributed by atoms with E-state index in [1.165, 1.54) is 16.7 Å². The molecule has 1 amide bonds. The fourth-order valence-electron chi connectivity index (χ4n) is 4.32. The third kappa shape index (κ3) is 5.58. The van der Waals surface area contributed by atoms with Gasteiger partial charge in [-0.2, -0.15) is 0 Å². The second kappa shape index (κ2) is 10.2. The van der Waals surface area contributed by atoms with E-state index in [1.54, 1.807) is 0 Å². The van der Waals surface area contributed by atoms with Gasteiger partial charge in [-0.15, -0.1) is 0 Å². The lowest BCUT2D eigenvalue weighted by atomic mass is 9.95. The Balaban J connectivity index is 1.47. The maximum absolute atomic E-state index is 13.6. The molecule has 0 saturated carbocycles. The molecule has 3 heteroatoms. The number of rotatable bonds is 7. The normalized spacial score (nSPS) is 16.9. The van der Waals surface area contributed by atoms with Gasteiger partial charge in [0.1, 0.15) is 0 Å².